The summed E-state index contributed by atoms with van der Waals surface area (Å²) in [5.74, 6) is -1.32. The molecule has 1 N–H and O–H groups in total. The zero-order valence-electron chi connectivity index (χ0n) is 14.2. The molecule has 0 saturated heterocycles. The Balaban J connectivity index is 1.73. The zero-order chi connectivity index (χ0) is 18.7. The Hall–Kier alpha value is -3.41. The Kier molecular flexibility index (Phi) is 4.84. The number of carbonyl (C=O) groups excluding carboxylic acids is 1. The summed E-state index contributed by atoms with van der Waals surface area (Å²) in [6, 6.07) is 9.22. The largest absolute Gasteiger partial charge is 0.507 e. The van der Waals surface area contributed by atoms with Gasteiger partial charge in [0.05, 0.1) is 6.20 Å². The second-order valence-electron chi connectivity index (χ2n) is 5.72. The van der Waals surface area contributed by atoms with Gasteiger partial charge in [0, 0.05) is 6.08 Å². The van der Waals surface area contributed by atoms with Crippen molar-refractivity contribution < 1.29 is 23.4 Å². The molecule has 0 unspecified atom stereocenters. The number of para-hydroxylation sites is 1. The molecule has 0 bridgehead atoms. The number of aromatic hydroxyl groups is 1. The Morgan fingerprint density at radius 2 is 1.88 bits per heavy atom. The highest BCUT2D eigenvalue weighted by Gasteiger charge is 2.16. The molecule has 0 aliphatic carbocycles. The highest BCUT2D eigenvalue weighted by Crippen LogP contribution is 2.24. The lowest BCUT2D eigenvalue weighted by molar-refractivity contribution is 0.0694. The van der Waals surface area contributed by atoms with Crippen molar-refractivity contribution >= 4 is 18.1 Å². The lowest BCUT2D eigenvalue weighted by Crippen LogP contribution is -2.08. The maximum absolute atomic E-state index is 13.5. The third kappa shape index (κ3) is 3.80. The predicted molar refractivity (Wildman–Crippen MR) is 94.4 cm³/mol. The smallest absolute Gasteiger partial charge is 0.381 e. The van der Waals surface area contributed by atoms with E-state index in [0.717, 1.165) is 16.7 Å². The highest BCUT2D eigenvalue weighted by atomic mass is 19.1. The summed E-state index contributed by atoms with van der Waals surface area (Å²) >= 11 is 0. The van der Waals surface area contributed by atoms with Crippen molar-refractivity contribution in [2.45, 2.75) is 13.8 Å². The molecule has 0 aliphatic rings. The third-order valence-corrected chi connectivity index (χ3v) is 3.70. The molecule has 2 aromatic carbocycles. The van der Waals surface area contributed by atoms with Crippen LogP contribution >= 0.6 is 0 Å². The molecule has 6 heteroatoms. The first-order chi connectivity index (χ1) is 12.4. The number of carbonyl (C=O) groups is 1. The van der Waals surface area contributed by atoms with Crippen LogP contribution in [0.5, 0.6) is 11.5 Å². The van der Waals surface area contributed by atoms with Gasteiger partial charge in [-0.15, -0.1) is 0 Å². The number of phenolic OH excluding ortho intramolecular Hbond substituents is 1. The van der Waals surface area contributed by atoms with Gasteiger partial charge in [-0.3, -0.25) is 0 Å². The van der Waals surface area contributed by atoms with E-state index in [0.29, 0.717) is 0 Å². The topological polar surface area (TPSA) is 72.6 Å². The van der Waals surface area contributed by atoms with Gasteiger partial charge in [0.25, 0.3) is 0 Å². The molecule has 0 amide bonds. The first-order valence-corrected chi connectivity index (χ1v) is 7.85. The number of rotatable bonds is 4. The number of benzene rings is 2. The molecule has 0 saturated carbocycles. The molecule has 132 valence electrons. The zero-order valence-corrected chi connectivity index (χ0v) is 14.2. The van der Waals surface area contributed by atoms with Gasteiger partial charge in [0.1, 0.15) is 5.75 Å². The van der Waals surface area contributed by atoms with Crippen molar-refractivity contribution in [1.82, 2.24) is 4.98 Å². The number of aryl methyl sites for hydroxylation is 2. The molecule has 0 aliphatic heterocycles. The number of halogens is 1. The summed E-state index contributed by atoms with van der Waals surface area (Å²) in [5.41, 5.74) is 2.36. The molecule has 0 radical (unpaired) electrons. The normalized spacial score (nSPS) is 11.0. The Morgan fingerprint density at radius 1 is 1.19 bits per heavy atom. The van der Waals surface area contributed by atoms with Crippen LogP contribution in [0.25, 0.3) is 12.2 Å². The van der Waals surface area contributed by atoms with Crippen molar-refractivity contribution in [1.29, 1.82) is 0 Å². The van der Waals surface area contributed by atoms with Gasteiger partial charge in [0.2, 0.25) is 11.7 Å². The summed E-state index contributed by atoms with van der Waals surface area (Å²) in [7, 11) is 0. The van der Waals surface area contributed by atoms with Gasteiger partial charge in [0.15, 0.2) is 11.6 Å². The number of hydrogen-bond acceptors (Lipinski definition) is 5. The van der Waals surface area contributed by atoms with Crippen LogP contribution in [0.2, 0.25) is 0 Å². The van der Waals surface area contributed by atoms with Crippen LogP contribution in [0.1, 0.15) is 33.1 Å². The van der Waals surface area contributed by atoms with Gasteiger partial charge in [-0.25, -0.2) is 14.2 Å². The predicted octanol–water partition coefficient (Wildman–Crippen LogP) is 4.53. The van der Waals surface area contributed by atoms with Crippen molar-refractivity contribution in [3.63, 3.8) is 0 Å². The third-order valence-electron chi connectivity index (χ3n) is 3.70. The first kappa shape index (κ1) is 17.4. The number of oxazole rings is 1. The lowest BCUT2D eigenvalue weighted by Gasteiger charge is -2.04. The average Bonchev–Trinajstić information content (AvgIpc) is 3.09. The molecule has 0 fully saturated rings. The van der Waals surface area contributed by atoms with Crippen molar-refractivity contribution in [3.05, 3.63) is 76.8 Å². The fourth-order valence-electron chi connectivity index (χ4n) is 2.39. The summed E-state index contributed by atoms with van der Waals surface area (Å²) in [5, 5.41) is 9.79. The minimum atomic E-state index is -0.835. The van der Waals surface area contributed by atoms with Crippen LogP contribution in [-0.2, 0) is 0 Å². The lowest BCUT2D eigenvalue weighted by atomic mass is 10.1. The van der Waals surface area contributed by atoms with E-state index in [-0.39, 0.29) is 23.1 Å². The van der Waals surface area contributed by atoms with E-state index in [2.05, 4.69) is 4.98 Å². The number of hydrogen-bond donors (Lipinski definition) is 1. The minimum absolute atomic E-state index is 0.133. The van der Waals surface area contributed by atoms with Gasteiger partial charge >= 0.3 is 5.97 Å². The average molecular weight is 353 g/mol. The van der Waals surface area contributed by atoms with E-state index < -0.39 is 11.8 Å². The van der Waals surface area contributed by atoms with E-state index in [9.17, 15) is 14.3 Å². The SMILES string of the molecule is Cc1cc(C=Cc2ncc(C(=O)Oc3ccccc3F)o2)cc(C)c1O. The molecule has 0 atom stereocenters. The molecular weight excluding hydrogens is 337 g/mol. The first-order valence-electron chi connectivity index (χ1n) is 7.85. The molecule has 5 nitrogen and oxygen atoms in total. The number of esters is 1. The molecular formula is C20H16FNO4. The number of aromatic nitrogens is 1. The number of nitrogens with zero attached hydrogens (tertiary/aromatic N) is 1. The maximum atomic E-state index is 13.5. The second-order valence-corrected chi connectivity index (χ2v) is 5.72. The van der Waals surface area contributed by atoms with Crippen LogP contribution in [-0.4, -0.2) is 16.1 Å². The monoisotopic (exact) mass is 353 g/mol. The molecule has 1 aromatic heterocycles. The second kappa shape index (κ2) is 7.23. The fourth-order valence-corrected chi connectivity index (χ4v) is 2.39. The standard InChI is InChI=1S/C20H16FNO4/c1-12-9-14(10-13(2)19(12)23)7-8-18-22-11-17(25-18)20(24)26-16-6-4-3-5-15(16)21/h3-11,23H,1-2H3. The maximum Gasteiger partial charge on any atom is 0.381 e. The molecule has 26 heavy (non-hydrogen) atoms. The van der Waals surface area contributed by atoms with E-state index in [1.54, 1.807) is 18.2 Å². The van der Waals surface area contributed by atoms with Crippen LogP contribution in [0.15, 0.2) is 47.0 Å². The highest BCUT2D eigenvalue weighted by molar-refractivity contribution is 5.88. The van der Waals surface area contributed by atoms with Crippen LogP contribution in [0, 0.1) is 19.7 Å². The van der Waals surface area contributed by atoms with Gasteiger partial charge in [-0.05, 0) is 60.9 Å². The van der Waals surface area contributed by atoms with Gasteiger partial charge in [-0.1, -0.05) is 12.1 Å². The molecule has 1 heterocycles. The molecule has 3 rings (SSSR count). The van der Waals surface area contributed by atoms with E-state index in [1.165, 1.54) is 24.4 Å². The Bertz CT molecular complexity index is 968. The summed E-state index contributed by atoms with van der Waals surface area (Å²) in [6.07, 6.45) is 4.55. The quantitative estimate of drug-likeness (QED) is 0.551. The van der Waals surface area contributed by atoms with E-state index in [4.69, 9.17) is 9.15 Å². The number of phenols is 1. The molecule has 3 aromatic rings. The van der Waals surface area contributed by atoms with Crippen molar-refractivity contribution in [2.75, 3.05) is 0 Å². The number of ether oxygens (including phenoxy) is 1. The van der Waals surface area contributed by atoms with Gasteiger partial charge < -0.3 is 14.3 Å². The minimum Gasteiger partial charge on any atom is -0.507 e. The van der Waals surface area contributed by atoms with Crippen molar-refractivity contribution in [3.8, 4) is 11.5 Å². The van der Waals surface area contributed by atoms with Crippen LogP contribution in [0.3, 0.4) is 0 Å². The molecule has 0 spiro atoms. The summed E-state index contributed by atoms with van der Waals surface area (Å²) < 4.78 is 23.8. The Labute approximate surface area is 149 Å². The van der Waals surface area contributed by atoms with Crippen LogP contribution in [0.4, 0.5) is 4.39 Å². The van der Waals surface area contributed by atoms with Gasteiger partial charge in [-0.2, -0.15) is 0 Å². The van der Waals surface area contributed by atoms with Crippen LogP contribution < -0.4 is 4.74 Å². The fraction of sp³-hybridized carbons (Fsp3) is 0.100. The van der Waals surface area contributed by atoms with E-state index >= 15 is 0 Å². The van der Waals surface area contributed by atoms with Crippen molar-refractivity contribution in [2.24, 2.45) is 0 Å². The summed E-state index contributed by atoms with van der Waals surface area (Å²) in [6.45, 7) is 3.61. The summed E-state index contributed by atoms with van der Waals surface area (Å²) in [4.78, 5) is 16.0. The van der Waals surface area contributed by atoms with E-state index in [1.807, 2.05) is 26.0 Å². The Morgan fingerprint density at radius 3 is 2.58 bits per heavy atom.